The molecule has 0 atom stereocenters. The van der Waals surface area contributed by atoms with Gasteiger partial charge in [0.05, 0.1) is 12.5 Å². The molecule has 0 spiro atoms. The summed E-state index contributed by atoms with van der Waals surface area (Å²) in [5.74, 6) is 0.937. The molecule has 1 aliphatic rings. The molecule has 2 rings (SSSR count). The molecule has 1 aromatic rings. The number of carbonyl (C=O) groups excluding carboxylic acids is 1. The van der Waals surface area contributed by atoms with Crippen LogP contribution in [0.2, 0.25) is 0 Å². The first-order chi connectivity index (χ1) is 12.5. The summed E-state index contributed by atoms with van der Waals surface area (Å²) in [6.07, 6.45) is 2.61. The van der Waals surface area contributed by atoms with Gasteiger partial charge in [-0.25, -0.2) is 0 Å². The number of rotatable bonds is 6. The zero-order valence-corrected chi connectivity index (χ0v) is 19.4. The molecule has 0 radical (unpaired) electrons. The molecule has 1 aliphatic heterocycles. The van der Waals surface area contributed by atoms with E-state index in [4.69, 9.17) is 9.73 Å². The standard InChI is InChI=1S/C21H33N3O2.HI/c1-5-22-21(23-10-7-18-14-16(3)13-17(4)15-18)24-11-8-19(9-12-24)20(25)26-6-2;/h13-15,19H,5-12H2,1-4H3,(H,22,23);1H. The number of halogens is 1. The fourth-order valence-corrected chi connectivity index (χ4v) is 3.52. The van der Waals surface area contributed by atoms with Crippen LogP contribution in [0, 0.1) is 19.8 Å². The van der Waals surface area contributed by atoms with E-state index in [1.165, 1.54) is 16.7 Å². The Morgan fingerprint density at radius 1 is 1.19 bits per heavy atom. The van der Waals surface area contributed by atoms with E-state index in [0.717, 1.165) is 51.4 Å². The number of carbonyl (C=O) groups is 1. The zero-order valence-electron chi connectivity index (χ0n) is 17.1. The molecule has 0 bridgehead atoms. The molecule has 27 heavy (non-hydrogen) atoms. The smallest absolute Gasteiger partial charge is 0.309 e. The Morgan fingerprint density at radius 2 is 1.81 bits per heavy atom. The normalized spacial score (nSPS) is 15.3. The first kappa shape index (κ1) is 23.7. The first-order valence-corrected chi connectivity index (χ1v) is 9.80. The molecule has 1 heterocycles. The van der Waals surface area contributed by atoms with Gasteiger partial charge >= 0.3 is 5.97 Å². The van der Waals surface area contributed by atoms with Crippen LogP contribution in [0.3, 0.4) is 0 Å². The molecular formula is C21H34IN3O2. The van der Waals surface area contributed by atoms with Crippen molar-refractivity contribution in [3.63, 3.8) is 0 Å². The number of aryl methyl sites for hydroxylation is 2. The Labute approximate surface area is 181 Å². The van der Waals surface area contributed by atoms with Gasteiger partial charge in [0.1, 0.15) is 0 Å². The minimum atomic E-state index is -0.0519. The summed E-state index contributed by atoms with van der Waals surface area (Å²) >= 11 is 0. The summed E-state index contributed by atoms with van der Waals surface area (Å²) in [7, 11) is 0. The molecule has 5 nitrogen and oxygen atoms in total. The van der Waals surface area contributed by atoms with Crippen LogP contribution in [-0.2, 0) is 16.0 Å². The van der Waals surface area contributed by atoms with Gasteiger partial charge in [-0.1, -0.05) is 29.3 Å². The van der Waals surface area contributed by atoms with Crippen molar-refractivity contribution < 1.29 is 9.53 Å². The topological polar surface area (TPSA) is 53.9 Å². The molecule has 1 N–H and O–H groups in total. The van der Waals surface area contributed by atoms with Gasteiger partial charge < -0.3 is 15.0 Å². The first-order valence-electron chi connectivity index (χ1n) is 9.80. The van der Waals surface area contributed by atoms with E-state index >= 15 is 0 Å². The monoisotopic (exact) mass is 487 g/mol. The molecule has 0 aliphatic carbocycles. The molecule has 0 amide bonds. The van der Waals surface area contributed by atoms with Gasteiger partial charge in [-0.15, -0.1) is 24.0 Å². The lowest BCUT2D eigenvalue weighted by Crippen LogP contribution is -2.46. The highest BCUT2D eigenvalue weighted by Crippen LogP contribution is 2.19. The Bertz CT molecular complexity index is 606. The summed E-state index contributed by atoms with van der Waals surface area (Å²) in [5, 5.41) is 3.39. The molecule has 0 saturated carbocycles. The summed E-state index contributed by atoms with van der Waals surface area (Å²) in [5.41, 5.74) is 3.94. The van der Waals surface area contributed by atoms with Crippen LogP contribution in [0.25, 0.3) is 0 Å². The summed E-state index contributed by atoms with van der Waals surface area (Å²) in [4.78, 5) is 19.0. The van der Waals surface area contributed by atoms with Crippen molar-refractivity contribution in [3.8, 4) is 0 Å². The Morgan fingerprint density at radius 3 is 2.37 bits per heavy atom. The fraction of sp³-hybridized carbons (Fsp3) is 0.619. The quantitative estimate of drug-likeness (QED) is 0.288. The van der Waals surface area contributed by atoms with E-state index in [1.807, 2.05) is 6.92 Å². The molecule has 0 aromatic heterocycles. The molecule has 1 fully saturated rings. The second kappa shape index (κ2) is 12.2. The van der Waals surface area contributed by atoms with Gasteiger partial charge in [0, 0.05) is 26.2 Å². The molecule has 1 saturated heterocycles. The minimum Gasteiger partial charge on any atom is -0.466 e. The van der Waals surface area contributed by atoms with Crippen LogP contribution in [-0.4, -0.2) is 49.6 Å². The summed E-state index contributed by atoms with van der Waals surface area (Å²) in [6, 6.07) is 6.67. The number of nitrogens with zero attached hydrogens (tertiary/aromatic N) is 2. The van der Waals surface area contributed by atoms with Gasteiger partial charge in [0.2, 0.25) is 0 Å². The van der Waals surface area contributed by atoms with E-state index in [1.54, 1.807) is 0 Å². The largest absolute Gasteiger partial charge is 0.466 e. The molecule has 6 heteroatoms. The van der Waals surface area contributed by atoms with E-state index in [0.29, 0.717) is 6.61 Å². The lowest BCUT2D eigenvalue weighted by molar-refractivity contribution is -0.149. The summed E-state index contributed by atoms with van der Waals surface area (Å²) < 4.78 is 5.15. The maximum atomic E-state index is 11.9. The van der Waals surface area contributed by atoms with Crippen LogP contribution in [0.4, 0.5) is 0 Å². The number of aliphatic imine (C=N–C) groups is 1. The lowest BCUT2D eigenvalue weighted by Gasteiger charge is -2.33. The highest BCUT2D eigenvalue weighted by atomic mass is 127. The van der Waals surface area contributed by atoms with E-state index < -0.39 is 0 Å². The van der Waals surface area contributed by atoms with E-state index in [-0.39, 0.29) is 35.9 Å². The van der Waals surface area contributed by atoms with Crippen LogP contribution >= 0.6 is 24.0 Å². The third-order valence-electron chi connectivity index (χ3n) is 4.69. The summed E-state index contributed by atoms with van der Waals surface area (Å²) in [6.45, 7) is 12.0. The number of nitrogens with one attached hydrogen (secondary N) is 1. The minimum absolute atomic E-state index is 0. The van der Waals surface area contributed by atoms with Crippen molar-refractivity contribution in [2.24, 2.45) is 10.9 Å². The van der Waals surface area contributed by atoms with Crippen LogP contribution < -0.4 is 5.32 Å². The number of piperidine rings is 1. The van der Waals surface area contributed by atoms with Crippen molar-refractivity contribution in [2.75, 3.05) is 32.8 Å². The SMILES string of the molecule is CCNC(=NCCc1cc(C)cc(C)c1)N1CCC(C(=O)OCC)CC1.I. The average Bonchev–Trinajstić information content (AvgIpc) is 2.60. The lowest BCUT2D eigenvalue weighted by atomic mass is 9.97. The van der Waals surface area contributed by atoms with Crippen molar-refractivity contribution in [1.29, 1.82) is 0 Å². The molecule has 1 aromatic carbocycles. The Hall–Kier alpha value is -1.31. The number of guanidine groups is 1. The van der Waals surface area contributed by atoms with Crippen molar-refractivity contribution in [2.45, 2.75) is 47.0 Å². The maximum absolute atomic E-state index is 11.9. The number of benzene rings is 1. The highest BCUT2D eigenvalue weighted by Gasteiger charge is 2.27. The van der Waals surface area contributed by atoms with Gasteiger partial charge in [-0.3, -0.25) is 9.79 Å². The van der Waals surface area contributed by atoms with Crippen molar-refractivity contribution in [1.82, 2.24) is 10.2 Å². The Kier molecular flexibility index (Phi) is 10.7. The predicted octanol–water partition coefficient (Wildman–Crippen LogP) is 3.70. The number of likely N-dealkylation sites (tertiary alicyclic amines) is 1. The maximum Gasteiger partial charge on any atom is 0.309 e. The van der Waals surface area contributed by atoms with Crippen molar-refractivity contribution >= 4 is 35.9 Å². The second-order valence-corrected chi connectivity index (χ2v) is 6.99. The predicted molar refractivity (Wildman–Crippen MR) is 122 cm³/mol. The Balaban J connectivity index is 0.00000364. The molecular weight excluding hydrogens is 453 g/mol. The van der Waals surface area contributed by atoms with Gasteiger partial charge in [0.25, 0.3) is 0 Å². The van der Waals surface area contributed by atoms with E-state index in [2.05, 4.69) is 49.2 Å². The van der Waals surface area contributed by atoms with Gasteiger partial charge in [-0.2, -0.15) is 0 Å². The van der Waals surface area contributed by atoms with E-state index in [9.17, 15) is 4.79 Å². The van der Waals surface area contributed by atoms with Crippen LogP contribution in [0.1, 0.15) is 43.4 Å². The van der Waals surface area contributed by atoms with Crippen LogP contribution in [0.15, 0.2) is 23.2 Å². The van der Waals surface area contributed by atoms with Gasteiger partial charge in [0.15, 0.2) is 5.96 Å². The zero-order chi connectivity index (χ0) is 18.9. The third-order valence-corrected chi connectivity index (χ3v) is 4.69. The number of hydrogen-bond donors (Lipinski definition) is 1. The number of esters is 1. The average molecular weight is 487 g/mol. The second-order valence-electron chi connectivity index (χ2n) is 6.99. The molecule has 0 unspecified atom stereocenters. The molecule has 152 valence electrons. The number of hydrogen-bond acceptors (Lipinski definition) is 3. The van der Waals surface area contributed by atoms with Gasteiger partial charge in [-0.05, 0) is 52.5 Å². The number of ether oxygens (including phenoxy) is 1. The highest BCUT2D eigenvalue weighted by molar-refractivity contribution is 14.0. The third kappa shape index (κ3) is 7.68. The van der Waals surface area contributed by atoms with Crippen molar-refractivity contribution in [3.05, 3.63) is 34.9 Å². The van der Waals surface area contributed by atoms with Crippen LogP contribution in [0.5, 0.6) is 0 Å². The fourth-order valence-electron chi connectivity index (χ4n) is 3.52.